The third-order valence-electron chi connectivity index (χ3n) is 5.25. The summed E-state index contributed by atoms with van der Waals surface area (Å²) >= 11 is 0. The molecule has 0 bridgehead atoms. The van der Waals surface area contributed by atoms with Gasteiger partial charge < -0.3 is 4.74 Å². The molecule has 4 heteroatoms. The molecule has 0 aliphatic carbocycles. The predicted molar refractivity (Wildman–Crippen MR) is 116 cm³/mol. The second kappa shape index (κ2) is 10.9. The van der Waals surface area contributed by atoms with Crippen LogP contribution in [0.5, 0.6) is 5.75 Å². The minimum absolute atomic E-state index is 0.0534. The summed E-state index contributed by atoms with van der Waals surface area (Å²) in [4.78, 5) is 11.8. The Morgan fingerprint density at radius 1 is 1.00 bits per heavy atom. The summed E-state index contributed by atoms with van der Waals surface area (Å²) in [6.07, 6.45) is 12.4. The number of ether oxygens (including phenoxy) is 1. The SMILES string of the molecule is CCCCCCCCCCOc1ccc2c(/C=C3\CNNC3=O)cccc2c1. The number of rotatable bonds is 11. The number of unbranched alkanes of at least 4 members (excludes halogenated alkanes) is 7. The van der Waals surface area contributed by atoms with Crippen LogP contribution in [-0.2, 0) is 4.79 Å². The molecule has 0 saturated carbocycles. The van der Waals surface area contributed by atoms with Crippen molar-refractivity contribution in [1.82, 2.24) is 10.9 Å². The molecule has 0 unspecified atom stereocenters. The van der Waals surface area contributed by atoms with Crippen molar-refractivity contribution in [3.63, 3.8) is 0 Å². The van der Waals surface area contributed by atoms with Crippen LogP contribution in [0.15, 0.2) is 42.0 Å². The van der Waals surface area contributed by atoms with Gasteiger partial charge in [0.25, 0.3) is 5.91 Å². The molecule has 4 nitrogen and oxygen atoms in total. The van der Waals surface area contributed by atoms with E-state index in [0.717, 1.165) is 40.7 Å². The van der Waals surface area contributed by atoms with Crippen LogP contribution < -0.4 is 15.6 Å². The molecule has 1 heterocycles. The number of hydrazine groups is 1. The highest BCUT2D eigenvalue weighted by Gasteiger charge is 2.15. The van der Waals surface area contributed by atoms with Crippen LogP contribution >= 0.6 is 0 Å². The molecule has 1 amide bonds. The lowest BCUT2D eigenvalue weighted by atomic mass is 10.0. The zero-order valence-electron chi connectivity index (χ0n) is 16.9. The maximum absolute atomic E-state index is 11.8. The van der Waals surface area contributed by atoms with E-state index in [4.69, 9.17) is 4.74 Å². The van der Waals surface area contributed by atoms with E-state index in [1.165, 1.54) is 44.9 Å². The largest absolute Gasteiger partial charge is 0.494 e. The number of fused-ring (bicyclic) bond motifs is 1. The van der Waals surface area contributed by atoms with Crippen LogP contribution in [-0.4, -0.2) is 19.1 Å². The van der Waals surface area contributed by atoms with E-state index < -0.39 is 0 Å². The Kier molecular flexibility index (Phi) is 7.92. The van der Waals surface area contributed by atoms with Crippen LogP contribution in [0.3, 0.4) is 0 Å². The number of carbonyl (C=O) groups is 1. The lowest BCUT2D eigenvalue weighted by molar-refractivity contribution is -0.116. The summed E-state index contributed by atoms with van der Waals surface area (Å²) in [6.45, 7) is 3.58. The van der Waals surface area contributed by atoms with Crippen molar-refractivity contribution in [3.05, 3.63) is 47.5 Å². The summed E-state index contributed by atoms with van der Waals surface area (Å²) in [5, 5.41) is 2.27. The van der Waals surface area contributed by atoms with Crippen molar-refractivity contribution in [2.45, 2.75) is 58.3 Å². The van der Waals surface area contributed by atoms with Crippen molar-refractivity contribution >= 4 is 22.8 Å². The van der Waals surface area contributed by atoms with E-state index in [2.05, 4.69) is 36.0 Å². The Morgan fingerprint density at radius 3 is 2.54 bits per heavy atom. The van der Waals surface area contributed by atoms with Crippen LogP contribution in [0.1, 0.15) is 63.9 Å². The monoisotopic (exact) mass is 380 g/mol. The van der Waals surface area contributed by atoms with Crippen molar-refractivity contribution in [3.8, 4) is 5.75 Å². The van der Waals surface area contributed by atoms with Crippen molar-refractivity contribution in [1.29, 1.82) is 0 Å². The van der Waals surface area contributed by atoms with Gasteiger partial charge >= 0.3 is 0 Å². The maximum Gasteiger partial charge on any atom is 0.262 e. The molecular weight excluding hydrogens is 348 g/mol. The molecule has 1 aliphatic heterocycles. The molecule has 3 rings (SSSR count). The van der Waals surface area contributed by atoms with Crippen LogP contribution in [0.25, 0.3) is 16.8 Å². The predicted octanol–water partition coefficient (Wildman–Crippen LogP) is 5.38. The Labute approximate surface area is 168 Å². The van der Waals surface area contributed by atoms with E-state index in [-0.39, 0.29) is 5.91 Å². The van der Waals surface area contributed by atoms with E-state index in [1.807, 2.05) is 24.3 Å². The summed E-state index contributed by atoms with van der Waals surface area (Å²) in [7, 11) is 0. The molecule has 0 aromatic heterocycles. The van der Waals surface area contributed by atoms with Gasteiger partial charge in [-0.3, -0.25) is 10.2 Å². The van der Waals surface area contributed by atoms with Crippen molar-refractivity contribution in [2.24, 2.45) is 0 Å². The Balaban J connectivity index is 1.50. The highest BCUT2D eigenvalue weighted by molar-refractivity contribution is 6.02. The van der Waals surface area contributed by atoms with Crippen LogP contribution in [0, 0.1) is 0 Å². The average molecular weight is 381 g/mol. The zero-order valence-corrected chi connectivity index (χ0v) is 16.9. The lowest BCUT2D eigenvalue weighted by Crippen LogP contribution is -2.25. The summed E-state index contributed by atoms with van der Waals surface area (Å²) in [5.74, 6) is 0.864. The number of amides is 1. The third-order valence-corrected chi connectivity index (χ3v) is 5.25. The van der Waals surface area contributed by atoms with Crippen LogP contribution in [0.2, 0.25) is 0 Å². The van der Waals surface area contributed by atoms with Gasteiger partial charge in [0.1, 0.15) is 5.75 Å². The highest BCUT2D eigenvalue weighted by Crippen LogP contribution is 2.26. The van der Waals surface area contributed by atoms with Gasteiger partial charge in [0.05, 0.1) is 6.61 Å². The number of carbonyl (C=O) groups excluding carboxylic acids is 1. The van der Waals surface area contributed by atoms with Gasteiger partial charge in [-0.1, -0.05) is 76.1 Å². The summed E-state index contributed by atoms with van der Waals surface area (Å²) in [6, 6.07) is 12.4. The number of nitrogens with one attached hydrogen (secondary N) is 2. The molecular formula is C24H32N2O2. The molecule has 150 valence electrons. The minimum Gasteiger partial charge on any atom is -0.494 e. The normalized spacial score (nSPS) is 15.3. The topological polar surface area (TPSA) is 50.4 Å². The molecule has 0 radical (unpaired) electrons. The summed E-state index contributed by atoms with van der Waals surface area (Å²) < 4.78 is 5.96. The number of hydrogen-bond acceptors (Lipinski definition) is 3. The first kappa shape index (κ1) is 20.4. The second-order valence-corrected chi connectivity index (χ2v) is 7.53. The fourth-order valence-corrected chi connectivity index (χ4v) is 3.61. The van der Waals surface area contributed by atoms with Gasteiger partial charge in [0.2, 0.25) is 0 Å². The molecule has 1 saturated heterocycles. The first-order valence-corrected chi connectivity index (χ1v) is 10.7. The van der Waals surface area contributed by atoms with E-state index in [1.54, 1.807) is 0 Å². The van der Waals surface area contributed by atoms with Gasteiger partial charge in [0.15, 0.2) is 0 Å². The fourth-order valence-electron chi connectivity index (χ4n) is 3.61. The fraction of sp³-hybridized carbons (Fsp3) is 0.458. The highest BCUT2D eigenvalue weighted by atomic mass is 16.5. The standard InChI is InChI=1S/C24H32N2O2/c1-2-3-4-5-6-7-8-9-15-28-22-13-14-23-19(11-10-12-20(23)17-22)16-21-18-25-26-24(21)27/h10-14,16-17,25H,2-9,15,18H2,1H3,(H,26,27)/b21-16+. The number of hydrogen-bond donors (Lipinski definition) is 2. The molecule has 2 aromatic rings. The number of benzene rings is 2. The van der Waals surface area contributed by atoms with Crippen molar-refractivity contribution < 1.29 is 9.53 Å². The Bertz CT molecular complexity index is 813. The van der Waals surface area contributed by atoms with Crippen LogP contribution in [0.4, 0.5) is 0 Å². The van der Waals surface area contributed by atoms with E-state index >= 15 is 0 Å². The molecule has 1 aliphatic rings. The molecule has 0 spiro atoms. The molecule has 2 aromatic carbocycles. The first-order valence-electron chi connectivity index (χ1n) is 10.7. The molecule has 2 N–H and O–H groups in total. The zero-order chi connectivity index (χ0) is 19.6. The van der Waals surface area contributed by atoms with E-state index in [0.29, 0.717) is 6.54 Å². The Morgan fingerprint density at radius 2 is 1.79 bits per heavy atom. The quantitative estimate of drug-likeness (QED) is 0.407. The molecule has 1 fully saturated rings. The second-order valence-electron chi connectivity index (χ2n) is 7.53. The van der Waals surface area contributed by atoms with Gasteiger partial charge in [-0.2, -0.15) is 0 Å². The van der Waals surface area contributed by atoms with Gasteiger partial charge in [-0.15, -0.1) is 0 Å². The Hall–Kier alpha value is -2.33. The van der Waals surface area contributed by atoms with E-state index in [9.17, 15) is 4.79 Å². The summed E-state index contributed by atoms with van der Waals surface area (Å²) in [5.41, 5.74) is 7.29. The smallest absolute Gasteiger partial charge is 0.262 e. The third kappa shape index (κ3) is 5.83. The average Bonchev–Trinajstić information content (AvgIpc) is 3.11. The van der Waals surface area contributed by atoms with Gasteiger partial charge in [-0.05, 0) is 41.0 Å². The minimum atomic E-state index is -0.0534. The maximum atomic E-state index is 11.8. The first-order chi connectivity index (χ1) is 13.8. The van der Waals surface area contributed by atoms with Gasteiger partial charge in [0, 0.05) is 12.1 Å². The van der Waals surface area contributed by atoms with Gasteiger partial charge in [-0.25, -0.2) is 5.43 Å². The molecule has 0 atom stereocenters. The lowest BCUT2D eigenvalue weighted by Gasteiger charge is -2.09. The molecule has 28 heavy (non-hydrogen) atoms. The van der Waals surface area contributed by atoms with Crippen molar-refractivity contribution in [2.75, 3.05) is 13.2 Å².